The van der Waals surface area contributed by atoms with Gasteiger partial charge in [-0.3, -0.25) is 0 Å². The number of rotatable bonds is 5. The second-order valence-electron chi connectivity index (χ2n) is 4.54. The lowest BCUT2D eigenvalue weighted by atomic mass is 9.98. The van der Waals surface area contributed by atoms with Crippen molar-refractivity contribution in [2.75, 3.05) is 0 Å². The minimum Gasteiger partial charge on any atom is -0.393 e. The third-order valence-corrected chi connectivity index (χ3v) is 2.94. The van der Waals surface area contributed by atoms with E-state index >= 15 is 0 Å². The van der Waals surface area contributed by atoms with Gasteiger partial charge >= 0.3 is 0 Å². The Kier molecular flexibility index (Phi) is 5.49. The molecule has 1 rings (SSSR count). The van der Waals surface area contributed by atoms with Gasteiger partial charge in [-0.15, -0.1) is 0 Å². The quantitative estimate of drug-likeness (QED) is 0.691. The van der Waals surface area contributed by atoms with Crippen molar-refractivity contribution >= 4 is 0 Å². The third-order valence-electron chi connectivity index (χ3n) is 2.94. The Balaban J connectivity index is 2.10. The molecule has 84 valence electrons. The first kappa shape index (κ1) is 12.0. The lowest BCUT2D eigenvalue weighted by Gasteiger charge is -2.31. The van der Waals surface area contributed by atoms with Gasteiger partial charge in [-0.25, -0.2) is 0 Å². The summed E-state index contributed by atoms with van der Waals surface area (Å²) in [5.74, 6) is 0. The number of hydrogen-bond acceptors (Lipinski definition) is 2. The number of aliphatic hydroxyl groups excluding tert-OH is 1. The molecular formula is C12H24O2. The van der Waals surface area contributed by atoms with Gasteiger partial charge in [0.2, 0.25) is 0 Å². The van der Waals surface area contributed by atoms with Gasteiger partial charge in [0.25, 0.3) is 0 Å². The van der Waals surface area contributed by atoms with Crippen LogP contribution in [0.25, 0.3) is 0 Å². The van der Waals surface area contributed by atoms with Crippen molar-refractivity contribution in [3.63, 3.8) is 0 Å². The second-order valence-corrected chi connectivity index (χ2v) is 4.54. The number of hydrogen-bond donors (Lipinski definition) is 1. The van der Waals surface area contributed by atoms with Crippen LogP contribution in [0.1, 0.15) is 58.8 Å². The molecule has 0 radical (unpaired) electrons. The van der Waals surface area contributed by atoms with Crippen LogP contribution >= 0.6 is 0 Å². The molecule has 0 amide bonds. The van der Waals surface area contributed by atoms with E-state index < -0.39 is 0 Å². The monoisotopic (exact) mass is 200 g/mol. The Morgan fingerprint density at radius 2 is 2.00 bits per heavy atom. The fourth-order valence-corrected chi connectivity index (χ4v) is 2.21. The molecule has 0 spiro atoms. The number of ether oxygens (including phenoxy) is 1. The van der Waals surface area contributed by atoms with Gasteiger partial charge in [-0.2, -0.15) is 0 Å². The van der Waals surface area contributed by atoms with Crippen molar-refractivity contribution < 1.29 is 9.84 Å². The van der Waals surface area contributed by atoms with E-state index in [4.69, 9.17) is 4.74 Å². The van der Waals surface area contributed by atoms with Gasteiger partial charge in [0.15, 0.2) is 0 Å². The van der Waals surface area contributed by atoms with Gasteiger partial charge < -0.3 is 9.84 Å². The summed E-state index contributed by atoms with van der Waals surface area (Å²) < 4.78 is 5.78. The molecule has 2 heteroatoms. The minimum absolute atomic E-state index is 0.130. The van der Waals surface area contributed by atoms with Crippen LogP contribution in [0.15, 0.2) is 0 Å². The van der Waals surface area contributed by atoms with Crippen molar-refractivity contribution in [2.45, 2.75) is 77.1 Å². The fraction of sp³-hybridized carbons (Fsp3) is 1.00. The predicted octanol–water partition coefficient (Wildman–Crippen LogP) is 2.89. The molecule has 0 aromatic carbocycles. The molecule has 3 atom stereocenters. The van der Waals surface area contributed by atoms with Crippen LogP contribution in [0.2, 0.25) is 0 Å². The van der Waals surface area contributed by atoms with E-state index in [2.05, 4.69) is 13.8 Å². The molecule has 1 aliphatic rings. The summed E-state index contributed by atoms with van der Waals surface area (Å²) in [5, 5.41) is 9.57. The van der Waals surface area contributed by atoms with E-state index in [1.54, 1.807) is 0 Å². The first-order chi connectivity index (χ1) is 6.72. The molecule has 14 heavy (non-hydrogen) atoms. The largest absolute Gasteiger partial charge is 0.393 e. The molecule has 0 aromatic rings. The van der Waals surface area contributed by atoms with Crippen molar-refractivity contribution in [1.82, 2.24) is 0 Å². The highest BCUT2D eigenvalue weighted by Gasteiger charge is 2.24. The highest BCUT2D eigenvalue weighted by Crippen LogP contribution is 2.23. The number of unbranched alkanes of at least 4 members (excludes halogenated alkanes) is 3. The highest BCUT2D eigenvalue weighted by molar-refractivity contribution is 4.74. The highest BCUT2D eigenvalue weighted by atomic mass is 16.5. The molecule has 0 aromatic heterocycles. The zero-order chi connectivity index (χ0) is 10.4. The zero-order valence-electron chi connectivity index (χ0n) is 9.54. The van der Waals surface area contributed by atoms with Crippen LogP contribution in [-0.2, 0) is 4.74 Å². The van der Waals surface area contributed by atoms with Crippen molar-refractivity contribution in [1.29, 1.82) is 0 Å². The van der Waals surface area contributed by atoms with E-state index in [1.165, 1.54) is 25.7 Å². The summed E-state index contributed by atoms with van der Waals surface area (Å²) in [4.78, 5) is 0. The second kappa shape index (κ2) is 6.41. The van der Waals surface area contributed by atoms with E-state index in [0.29, 0.717) is 6.10 Å². The van der Waals surface area contributed by atoms with Gasteiger partial charge in [0.1, 0.15) is 0 Å². The molecule has 0 unspecified atom stereocenters. The first-order valence-corrected chi connectivity index (χ1v) is 6.06. The third kappa shape index (κ3) is 4.43. The predicted molar refractivity (Wildman–Crippen MR) is 58.3 cm³/mol. The Labute approximate surface area is 87.7 Å². The maximum Gasteiger partial charge on any atom is 0.0603 e. The molecule has 0 aliphatic carbocycles. The van der Waals surface area contributed by atoms with Crippen LogP contribution in [0.4, 0.5) is 0 Å². The summed E-state index contributed by atoms with van der Waals surface area (Å²) in [5.41, 5.74) is 0. The van der Waals surface area contributed by atoms with E-state index in [1.807, 2.05) is 0 Å². The molecule has 1 fully saturated rings. The summed E-state index contributed by atoms with van der Waals surface area (Å²) in [7, 11) is 0. The van der Waals surface area contributed by atoms with Crippen LogP contribution in [-0.4, -0.2) is 23.4 Å². The smallest absolute Gasteiger partial charge is 0.0603 e. The van der Waals surface area contributed by atoms with E-state index in [0.717, 1.165) is 19.3 Å². The van der Waals surface area contributed by atoms with Gasteiger partial charge in [-0.1, -0.05) is 32.6 Å². The van der Waals surface area contributed by atoms with Gasteiger partial charge in [0, 0.05) is 0 Å². The Morgan fingerprint density at radius 3 is 2.64 bits per heavy atom. The lowest BCUT2D eigenvalue weighted by Crippen LogP contribution is -2.33. The van der Waals surface area contributed by atoms with Crippen molar-refractivity contribution in [2.24, 2.45) is 0 Å². The standard InChI is InChI=1S/C12H24O2/c1-3-4-5-6-7-12-9-11(13)8-10(2)14-12/h10-13H,3-9H2,1-2H3/t10-,11+,12+/m1/s1. The molecule has 0 saturated carbocycles. The number of aliphatic hydroxyl groups is 1. The van der Waals surface area contributed by atoms with Gasteiger partial charge in [0.05, 0.1) is 18.3 Å². The Hall–Kier alpha value is -0.0800. The molecule has 1 saturated heterocycles. The molecule has 1 heterocycles. The molecule has 2 nitrogen and oxygen atoms in total. The van der Waals surface area contributed by atoms with Gasteiger partial charge in [-0.05, 0) is 26.2 Å². The van der Waals surface area contributed by atoms with E-state index in [9.17, 15) is 5.11 Å². The van der Waals surface area contributed by atoms with Crippen LogP contribution in [0, 0.1) is 0 Å². The first-order valence-electron chi connectivity index (χ1n) is 6.06. The van der Waals surface area contributed by atoms with Crippen LogP contribution < -0.4 is 0 Å². The maximum atomic E-state index is 9.57. The summed E-state index contributed by atoms with van der Waals surface area (Å²) in [6.45, 7) is 4.28. The summed E-state index contributed by atoms with van der Waals surface area (Å²) in [6.07, 6.45) is 8.37. The topological polar surface area (TPSA) is 29.5 Å². The SMILES string of the molecule is CCCCCC[C@H]1C[C@@H](O)C[C@@H](C)O1. The average Bonchev–Trinajstić information content (AvgIpc) is 2.11. The normalized spacial score (nSPS) is 33.2. The van der Waals surface area contributed by atoms with Crippen LogP contribution in [0.5, 0.6) is 0 Å². The lowest BCUT2D eigenvalue weighted by molar-refractivity contribution is -0.0905. The summed E-state index contributed by atoms with van der Waals surface area (Å²) >= 11 is 0. The maximum absolute atomic E-state index is 9.57. The molecule has 1 N–H and O–H groups in total. The molecule has 1 aliphatic heterocycles. The molecule has 0 bridgehead atoms. The fourth-order valence-electron chi connectivity index (χ4n) is 2.21. The Bertz CT molecular complexity index is 137. The average molecular weight is 200 g/mol. The van der Waals surface area contributed by atoms with Crippen molar-refractivity contribution in [3.8, 4) is 0 Å². The van der Waals surface area contributed by atoms with Crippen LogP contribution in [0.3, 0.4) is 0 Å². The summed E-state index contributed by atoms with van der Waals surface area (Å²) in [6, 6.07) is 0. The minimum atomic E-state index is -0.130. The zero-order valence-corrected chi connectivity index (χ0v) is 9.54. The van der Waals surface area contributed by atoms with Crippen molar-refractivity contribution in [3.05, 3.63) is 0 Å². The molecular weight excluding hydrogens is 176 g/mol. The Morgan fingerprint density at radius 1 is 1.21 bits per heavy atom. The van der Waals surface area contributed by atoms with E-state index in [-0.39, 0.29) is 12.2 Å².